The van der Waals surface area contributed by atoms with Crippen molar-refractivity contribution in [2.24, 2.45) is 0 Å². The van der Waals surface area contributed by atoms with Gasteiger partial charge in [-0.25, -0.2) is 4.79 Å². The molecule has 0 unspecified atom stereocenters. The molecule has 3 aromatic heterocycles. The summed E-state index contributed by atoms with van der Waals surface area (Å²) < 4.78 is 6.13. The molecule has 0 aliphatic rings. The van der Waals surface area contributed by atoms with Crippen LogP contribution in [0.2, 0.25) is 0 Å². The zero-order valence-electron chi connectivity index (χ0n) is 13.1. The number of halogens is 1. The summed E-state index contributed by atoms with van der Waals surface area (Å²) in [7, 11) is 0. The maximum atomic E-state index is 12.5. The minimum atomic E-state index is -1.10. The first kappa shape index (κ1) is 16.6. The Morgan fingerprint density at radius 2 is 1.96 bits per heavy atom. The van der Waals surface area contributed by atoms with Crippen LogP contribution in [0.5, 0.6) is 0 Å². The van der Waals surface area contributed by atoms with Crippen molar-refractivity contribution in [3.05, 3.63) is 63.8 Å². The molecule has 26 heavy (non-hydrogen) atoms. The number of hydrogen-bond donors (Lipinski definition) is 3. The molecule has 3 heterocycles. The molecule has 130 valence electrons. The summed E-state index contributed by atoms with van der Waals surface area (Å²) in [6.07, 6.45) is 1.52. The molecule has 0 saturated carbocycles. The summed E-state index contributed by atoms with van der Waals surface area (Å²) >= 11 is 4.53. The molecule has 8 heteroatoms. The van der Waals surface area contributed by atoms with E-state index in [1.807, 2.05) is 24.3 Å². The van der Waals surface area contributed by atoms with E-state index in [-0.39, 0.29) is 10.6 Å². The van der Waals surface area contributed by atoms with Crippen LogP contribution in [0.1, 0.15) is 20.8 Å². The van der Waals surface area contributed by atoms with Gasteiger partial charge in [-0.2, -0.15) is 0 Å². The number of anilines is 1. The molecule has 0 aliphatic heterocycles. The number of aromatic carboxylic acids is 1. The molecule has 0 aliphatic carbocycles. The number of thiophene rings is 1. The Labute approximate surface area is 159 Å². The van der Waals surface area contributed by atoms with E-state index in [1.165, 1.54) is 17.6 Å². The summed E-state index contributed by atoms with van der Waals surface area (Å²) in [6, 6.07) is 10.6. The van der Waals surface area contributed by atoms with Crippen molar-refractivity contribution in [2.75, 3.05) is 5.32 Å². The summed E-state index contributed by atoms with van der Waals surface area (Å²) in [5.74, 6) is -1.53. The van der Waals surface area contributed by atoms with Crippen LogP contribution >= 0.6 is 27.3 Å². The number of rotatable bonds is 4. The van der Waals surface area contributed by atoms with Gasteiger partial charge in [-0.05, 0) is 17.7 Å². The predicted molar refractivity (Wildman–Crippen MR) is 103 cm³/mol. The molecule has 3 N–H and O–H groups in total. The van der Waals surface area contributed by atoms with Gasteiger partial charge in [-0.1, -0.05) is 28.1 Å². The van der Waals surface area contributed by atoms with Crippen LogP contribution in [0.4, 0.5) is 5.00 Å². The van der Waals surface area contributed by atoms with E-state index >= 15 is 0 Å². The van der Waals surface area contributed by atoms with E-state index in [4.69, 9.17) is 4.42 Å². The Morgan fingerprint density at radius 1 is 1.19 bits per heavy atom. The van der Waals surface area contributed by atoms with Crippen molar-refractivity contribution in [2.45, 2.75) is 0 Å². The number of aromatic nitrogens is 1. The number of aromatic amines is 1. The lowest BCUT2D eigenvalue weighted by Crippen LogP contribution is -2.13. The van der Waals surface area contributed by atoms with Crippen molar-refractivity contribution >= 4 is 55.2 Å². The fourth-order valence-corrected chi connectivity index (χ4v) is 3.87. The highest BCUT2D eigenvalue weighted by atomic mass is 79.9. The zero-order valence-corrected chi connectivity index (χ0v) is 15.5. The number of carbonyl (C=O) groups is 2. The number of furan rings is 1. The van der Waals surface area contributed by atoms with Gasteiger partial charge in [0.1, 0.15) is 16.3 Å². The molecule has 6 nitrogen and oxygen atoms in total. The average Bonchev–Trinajstić information content (AvgIpc) is 3.29. The maximum Gasteiger partial charge on any atom is 0.339 e. The van der Waals surface area contributed by atoms with Crippen molar-refractivity contribution in [3.63, 3.8) is 0 Å². The van der Waals surface area contributed by atoms with Crippen molar-refractivity contribution in [1.29, 1.82) is 0 Å². The van der Waals surface area contributed by atoms with Gasteiger partial charge in [0, 0.05) is 27.5 Å². The highest BCUT2D eigenvalue weighted by Gasteiger charge is 2.22. The van der Waals surface area contributed by atoms with E-state index in [0.29, 0.717) is 22.4 Å². The van der Waals surface area contributed by atoms with Crippen LogP contribution in [0.25, 0.3) is 22.2 Å². The molecule has 0 spiro atoms. The van der Waals surface area contributed by atoms with Crippen LogP contribution in [0.3, 0.4) is 0 Å². The number of carboxylic acids is 1. The highest BCUT2D eigenvalue weighted by Crippen LogP contribution is 2.36. The smallest absolute Gasteiger partial charge is 0.339 e. The predicted octanol–water partition coefficient (Wildman–Crippen LogP) is 5.20. The van der Waals surface area contributed by atoms with E-state index in [9.17, 15) is 14.7 Å². The third-order valence-electron chi connectivity index (χ3n) is 3.87. The Balaban J connectivity index is 1.68. The van der Waals surface area contributed by atoms with Gasteiger partial charge >= 0.3 is 5.97 Å². The highest BCUT2D eigenvalue weighted by molar-refractivity contribution is 9.10. The Kier molecular flexibility index (Phi) is 4.14. The van der Waals surface area contributed by atoms with Gasteiger partial charge < -0.3 is 19.8 Å². The van der Waals surface area contributed by atoms with Crippen molar-refractivity contribution in [1.82, 2.24) is 4.98 Å². The number of fused-ring (bicyclic) bond motifs is 1. The maximum absolute atomic E-state index is 12.5. The van der Waals surface area contributed by atoms with E-state index in [0.717, 1.165) is 10.0 Å². The first-order valence-corrected chi connectivity index (χ1v) is 9.18. The Hall–Kier alpha value is -2.84. The molecule has 4 rings (SSSR count). The third-order valence-corrected chi connectivity index (χ3v) is 5.30. The van der Waals surface area contributed by atoms with Gasteiger partial charge in [0.15, 0.2) is 5.58 Å². The number of amides is 1. The SMILES string of the molecule is O=C(Nc1scc(-c2ccc(Br)cc2)c1C(=O)O)c1cc2occc2[nH]1. The lowest BCUT2D eigenvalue weighted by molar-refractivity contribution is 0.0699. The lowest BCUT2D eigenvalue weighted by Gasteiger charge is -2.05. The number of carboxylic acid groups (broad SMARTS) is 1. The summed E-state index contributed by atoms with van der Waals surface area (Å²) in [6.45, 7) is 0. The zero-order chi connectivity index (χ0) is 18.3. The fourth-order valence-electron chi connectivity index (χ4n) is 2.65. The number of hydrogen-bond acceptors (Lipinski definition) is 4. The quantitative estimate of drug-likeness (QED) is 0.414. The van der Waals surface area contributed by atoms with Crippen LogP contribution < -0.4 is 5.32 Å². The molecule has 0 radical (unpaired) electrons. The largest absolute Gasteiger partial charge is 0.478 e. The van der Waals surface area contributed by atoms with Gasteiger partial charge in [-0.15, -0.1) is 11.3 Å². The molecule has 4 aromatic rings. The topological polar surface area (TPSA) is 95.3 Å². The monoisotopic (exact) mass is 430 g/mol. The molecule has 0 atom stereocenters. The minimum Gasteiger partial charge on any atom is -0.478 e. The summed E-state index contributed by atoms with van der Waals surface area (Å²) in [5, 5.41) is 14.3. The fraction of sp³-hybridized carbons (Fsp3) is 0. The Morgan fingerprint density at radius 3 is 2.65 bits per heavy atom. The van der Waals surface area contributed by atoms with E-state index < -0.39 is 11.9 Å². The van der Waals surface area contributed by atoms with Gasteiger partial charge in [0.25, 0.3) is 5.91 Å². The lowest BCUT2D eigenvalue weighted by atomic mass is 10.0. The minimum absolute atomic E-state index is 0.0703. The third kappa shape index (κ3) is 2.93. The summed E-state index contributed by atoms with van der Waals surface area (Å²) in [4.78, 5) is 27.2. The normalized spacial score (nSPS) is 11.0. The molecule has 0 saturated heterocycles. The van der Waals surface area contributed by atoms with Gasteiger partial charge in [-0.3, -0.25) is 4.79 Å². The number of nitrogens with one attached hydrogen (secondary N) is 2. The molecule has 0 bridgehead atoms. The standard InChI is InChI=1S/C18H11BrN2O4S/c19-10-3-1-9(2-4-10)11-8-26-17(15(11)18(23)24)21-16(22)13-7-14-12(20-13)5-6-25-14/h1-8,20H,(H,21,22)(H,23,24). The number of H-pyrrole nitrogens is 1. The molecule has 0 fully saturated rings. The molecular formula is C18H11BrN2O4S. The summed E-state index contributed by atoms with van der Waals surface area (Å²) in [5.41, 5.74) is 2.96. The van der Waals surface area contributed by atoms with Crippen LogP contribution in [-0.2, 0) is 0 Å². The van der Waals surface area contributed by atoms with Gasteiger partial charge in [0.05, 0.1) is 11.8 Å². The number of benzene rings is 1. The number of carbonyl (C=O) groups excluding carboxylic acids is 1. The van der Waals surface area contributed by atoms with Crippen molar-refractivity contribution in [3.8, 4) is 11.1 Å². The van der Waals surface area contributed by atoms with E-state index in [1.54, 1.807) is 17.5 Å². The van der Waals surface area contributed by atoms with E-state index in [2.05, 4.69) is 26.2 Å². The average molecular weight is 431 g/mol. The first-order valence-electron chi connectivity index (χ1n) is 7.51. The van der Waals surface area contributed by atoms with Crippen LogP contribution in [-0.4, -0.2) is 22.0 Å². The van der Waals surface area contributed by atoms with Crippen molar-refractivity contribution < 1.29 is 19.1 Å². The second-order valence-corrected chi connectivity index (χ2v) is 7.30. The first-order chi connectivity index (χ1) is 12.5. The molecule has 1 amide bonds. The second-order valence-electron chi connectivity index (χ2n) is 5.50. The van der Waals surface area contributed by atoms with Crippen LogP contribution in [0, 0.1) is 0 Å². The Bertz CT molecular complexity index is 1100. The van der Waals surface area contributed by atoms with Crippen LogP contribution in [0.15, 0.2) is 56.9 Å². The molecular weight excluding hydrogens is 420 g/mol. The second kappa shape index (κ2) is 6.47. The molecule has 1 aromatic carbocycles. The van der Waals surface area contributed by atoms with Gasteiger partial charge in [0.2, 0.25) is 0 Å².